The van der Waals surface area contributed by atoms with Gasteiger partial charge in [-0.3, -0.25) is 4.98 Å². The van der Waals surface area contributed by atoms with E-state index in [-0.39, 0.29) is 0 Å². The summed E-state index contributed by atoms with van der Waals surface area (Å²) in [5.41, 5.74) is 7.24. The van der Waals surface area contributed by atoms with Crippen LogP contribution in [-0.2, 0) is 6.61 Å². The number of hydrogen-bond acceptors (Lipinski definition) is 4. The number of thiocarbonyl (C=S) groups is 1. The monoisotopic (exact) mass is 308 g/mol. The van der Waals surface area contributed by atoms with Crippen molar-refractivity contribution in [1.29, 1.82) is 0 Å². The van der Waals surface area contributed by atoms with Crippen molar-refractivity contribution in [2.75, 3.05) is 7.11 Å². The van der Waals surface area contributed by atoms with Crippen LogP contribution in [0.2, 0.25) is 5.02 Å². The molecule has 0 atom stereocenters. The number of nitrogens with two attached hydrogens (primary N) is 1. The fourth-order valence-electron chi connectivity index (χ4n) is 1.68. The lowest BCUT2D eigenvalue weighted by molar-refractivity contribution is 0.295. The van der Waals surface area contributed by atoms with E-state index in [1.165, 1.54) is 0 Å². The van der Waals surface area contributed by atoms with E-state index in [9.17, 15) is 0 Å². The van der Waals surface area contributed by atoms with Crippen LogP contribution in [0.15, 0.2) is 36.7 Å². The van der Waals surface area contributed by atoms with Gasteiger partial charge in [-0.25, -0.2) is 0 Å². The lowest BCUT2D eigenvalue weighted by Gasteiger charge is -2.11. The van der Waals surface area contributed by atoms with E-state index in [1.54, 1.807) is 25.6 Å². The number of nitrogens with zero attached hydrogens (tertiary/aromatic N) is 1. The standard InChI is InChI=1S/C14H13ClN2O2S/c1-18-13-3-2-9(14(16)20)4-10(13)8-19-12-5-11(15)6-17-7-12/h2-7H,8H2,1H3,(H2,16,20). The molecule has 0 radical (unpaired) electrons. The van der Waals surface area contributed by atoms with Crippen LogP contribution in [0, 0.1) is 0 Å². The Hall–Kier alpha value is -1.85. The SMILES string of the molecule is COc1ccc(C(N)=S)cc1COc1cncc(Cl)c1. The third kappa shape index (κ3) is 3.59. The summed E-state index contributed by atoms with van der Waals surface area (Å²) in [7, 11) is 1.60. The summed E-state index contributed by atoms with van der Waals surface area (Å²) in [5.74, 6) is 1.29. The molecule has 0 unspecified atom stereocenters. The number of methoxy groups -OCH3 is 1. The molecule has 0 aliphatic carbocycles. The van der Waals surface area contributed by atoms with Gasteiger partial charge in [-0.2, -0.15) is 0 Å². The third-order valence-electron chi connectivity index (χ3n) is 2.64. The molecular weight excluding hydrogens is 296 g/mol. The Balaban J connectivity index is 2.19. The molecule has 6 heteroatoms. The summed E-state index contributed by atoms with van der Waals surface area (Å²) in [6, 6.07) is 7.16. The Kier molecular flexibility index (Phi) is 4.76. The number of pyridine rings is 1. The van der Waals surface area contributed by atoms with Crippen LogP contribution in [0.4, 0.5) is 0 Å². The fraction of sp³-hybridized carbons (Fsp3) is 0.143. The minimum absolute atomic E-state index is 0.307. The summed E-state index contributed by atoms with van der Waals surface area (Å²) in [5, 5.41) is 0.520. The van der Waals surface area contributed by atoms with Gasteiger partial charge in [-0.05, 0) is 18.2 Å². The van der Waals surface area contributed by atoms with Gasteiger partial charge in [0, 0.05) is 23.4 Å². The number of halogens is 1. The number of ether oxygens (including phenoxy) is 2. The van der Waals surface area contributed by atoms with Crippen molar-refractivity contribution in [2.24, 2.45) is 5.73 Å². The Morgan fingerprint density at radius 2 is 2.15 bits per heavy atom. The van der Waals surface area contributed by atoms with Gasteiger partial charge < -0.3 is 15.2 Å². The molecule has 2 rings (SSSR count). The second-order valence-electron chi connectivity index (χ2n) is 4.02. The smallest absolute Gasteiger partial charge is 0.139 e. The van der Waals surface area contributed by atoms with E-state index in [4.69, 9.17) is 39.0 Å². The zero-order valence-corrected chi connectivity index (χ0v) is 12.4. The molecule has 0 bridgehead atoms. The first-order valence-electron chi connectivity index (χ1n) is 5.80. The van der Waals surface area contributed by atoms with E-state index in [0.717, 1.165) is 11.1 Å². The van der Waals surface area contributed by atoms with Crippen molar-refractivity contribution in [3.05, 3.63) is 52.8 Å². The highest BCUT2D eigenvalue weighted by Gasteiger charge is 2.07. The van der Waals surface area contributed by atoms with E-state index in [0.29, 0.717) is 28.1 Å². The maximum Gasteiger partial charge on any atom is 0.139 e. The third-order valence-corrected chi connectivity index (χ3v) is 3.08. The van der Waals surface area contributed by atoms with Gasteiger partial charge in [0.05, 0.1) is 18.3 Å². The van der Waals surface area contributed by atoms with Gasteiger partial charge in [0.2, 0.25) is 0 Å². The fourth-order valence-corrected chi connectivity index (χ4v) is 1.97. The van der Waals surface area contributed by atoms with Gasteiger partial charge in [0.1, 0.15) is 23.1 Å². The minimum atomic E-state index is 0.307. The van der Waals surface area contributed by atoms with Crippen LogP contribution in [-0.4, -0.2) is 17.1 Å². The summed E-state index contributed by atoms with van der Waals surface area (Å²) in [4.78, 5) is 4.29. The average Bonchev–Trinajstić information content (AvgIpc) is 2.44. The molecule has 0 spiro atoms. The van der Waals surface area contributed by atoms with Gasteiger partial charge in [0.25, 0.3) is 0 Å². The van der Waals surface area contributed by atoms with Crippen LogP contribution in [0.5, 0.6) is 11.5 Å². The second kappa shape index (κ2) is 6.54. The number of hydrogen-bond donors (Lipinski definition) is 1. The maximum atomic E-state index is 5.85. The van der Waals surface area contributed by atoms with Crippen LogP contribution in [0.25, 0.3) is 0 Å². The molecule has 1 heterocycles. The molecule has 0 saturated carbocycles. The number of aromatic nitrogens is 1. The Bertz CT molecular complexity index is 634. The quantitative estimate of drug-likeness (QED) is 0.861. The molecule has 0 aliphatic rings. The molecule has 4 nitrogen and oxygen atoms in total. The number of benzene rings is 1. The molecule has 104 valence electrons. The van der Waals surface area contributed by atoms with Crippen LogP contribution in [0.3, 0.4) is 0 Å². The average molecular weight is 309 g/mol. The highest BCUT2D eigenvalue weighted by molar-refractivity contribution is 7.80. The second-order valence-corrected chi connectivity index (χ2v) is 4.89. The van der Waals surface area contributed by atoms with Crippen molar-refractivity contribution in [3.63, 3.8) is 0 Å². The maximum absolute atomic E-state index is 5.85. The minimum Gasteiger partial charge on any atom is -0.496 e. The van der Waals surface area contributed by atoms with Crippen LogP contribution in [0.1, 0.15) is 11.1 Å². The predicted octanol–water partition coefficient (Wildman–Crippen LogP) is 2.96. The van der Waals surface area contributed by atoms with Crippen molar-refractivity contribution < 1.29 is 9.47 Å². The van der Waals surface area contributed by atoms with Gasteiger partial charge in [0.15, 0.2) is 0 Å². The van der Waals surface area contributed by atoms with E-state index < -0.39 is 0 Å². The first kappa shape index (κ1) is 14.6. The molecule has 1 aromatic heterocycles. The predicted molar refractivity (Wildman–Crippen MR) is 82.5 cm³/mol. The van der Waals surface area contributed by atoms with E-state index >= 15 is 0 Å². The molecule has 20 heavy (non-hydrogen) atoms. The highest BCUT2D eigenvalue weighted by atomic mass is 35.5. The Morgan fingerprint density at radius 3 is 2.80 bits per heavy atom. The van der Waals surface area contributed by atoms with Gasteiger partial charge in [-0.15, -0.1) is 0 Å². The van der Waals surface area contributed by atoms with Gasteiger partial charge >= 0.3 is 0 Å². The molecule has 1 aromatic carbocycles. The highest BCUT2D eigenvalue weighted by Crippen LogP contribution is 2.23. The largest absolute Gasteiger partial charge is 0.496 e. The molecular formula is C14H13ClN2O2S. The first-order valence-corrected chi connectivity index (χ1v) is 6.59. The van der Waals surface area contributed by atoms with E-state index in [2.05, 4.69) is 4.98 Å². The first-order chi connectivity index (χ1) is 9.60. The van der Waals surface area contributed by atoms with Crippen molar-refractivity contribution in [2.45, 2.75) is 6.61 Å². The van der Waals surface area contributed by atoms with Crippen molar-refractivity contribution >= 4 is 28.8 Å². The van der Waals surface area contributed by atoms with Gasteiger partial charge in [-0.1, -0.05) is 23.8 Å². The summed E-state index contributed by atoms with van der Waals surface area (Å²) in [6.07, 6.45) is 3.14. The molecule has 0 amide bonds. The molecule has 0 saturated heterocycles. The van der Waals surface area contributed by atoms with E-state index in [1.807, 2.05) is 18.2 Å². The lowest BCUT2D eigenvalue weighted by atomic mass is 10.1. The molecule has 2 N–H and O–H groups in total. The van der Waals surface area contributed by atoms with Crippen LogP contribution >= 0.6 is 23.8 Å². The molecule has 0 aliphatic heterocycles. The zero-order chi connectivity index (χ0) is 14.5. The summed E-state index contributed by atoms with van der Waals surface area (Å²) >= 11 is 10.8. The summed E-state index contributed by atoms with van der Waals surface area (Å²) < 4.78 is 10.9. The topological polar surface area (TPSA) is 57.4 Å². The normalized spacial score (nSPS) is 10.1. The Morgan fingerprint density at radius 1 is 1.35 bits per heavy atom. The van der Waals surface area contributed by atoms with Crippen molar-refractivity contribution in [3.8, 4) is 11.5 Å². The summed E-state index contributed by atoms with van der Waals surface area (Å²) in [6.45, 7) is 0.307. The molecule has 0 fully saturated rings. The van der Waals surface area contributed by atoms with Crippen LogP contribution < -0.4 is 15.2 Å². The lowest BCUT2D eigenvalue weighted by Crippen LogP contribution is -2.10. The number of rotatable bonds is 5. The molecule has 2 aromatic rings. The van der Waals surface area contributed by atoms with Crippen molar-refractivity contribution in [1.82, 2.24) is 4.98 Å². The Labute approximate surface area is 127 Å². The zero-order valence-electron chi connectivity index (χ0n) is 10.8.